The van der Waals surface area contributed by atoms with Crippen LogP contribution in [0.15, 0.2) is 36.6 Å². The molecule has 0 fully saturated rings. The minimum Gasteiger partial charge on any atom is -0.513 e. The van der Waals surface area contributed by atoms with E-state index in [0.29, 0.717) is 12.0 Å². The highest BCUT2D eigenvalue weighted by Crippen LogP contribution is 2.33. The molecule has 0 saturated heterocycles. The van der Waals surface area contributed by atoms with Crippen LogP contribution >= 0.6 is 0 Å². The zero-order valence-corrected chi connectivity index (χ0v) is 13.4. The normalized spacial score (nSPS) is 14.9. The zero-order chi connectivity index (χ0) is 16.6. The summed E-state index contributed by atoms with van der Waals surface area (Å²) in [5, 5.41) is 12.2. The first-order chi connectivity index (χ1) is 11.0. The van der Waals surface area contributed by atoms with E-state index in [0.717, 1.165) is 34.6 Å². The van der Waals surface area contributed by atoms with Crippen LogP contribution < -0.4 is 5.32 Å². The highest BCUT2D eigenvalue weighted by Gasteiger charge is 2.24. The van der Waals surface area contributed by atoms with Crippen molar-refractivity contribution in [2.45, 2.75) is 26.7 Å². The van der Waals surface area contributed by atoms with E-state index in [9.17, 15) is 9.90 Å². The maximum absolute atomic E-state index is 12.2. The molecule has 4 heteroatoms. The number of nitrogens with one attached hydrogen (secondary N) is 2. The predicted octanol–water partition coefficient (Wildman–Crippen LogP) is 4.13. The van der Waals surface area contributed by atoms with E-state index >= 15 is 0 Å². The quantitative estimate of drug-likeness (QED) is 0.587. The summed E-state index contributed by atoms with van der Waals surface area (Å²) in [6, 6.07) is 7.68. The molecule has 2 aromatic rings. The van der Waals surface area contributed by atoms with Crippen molar-refractivity contribution in [2.75, 3.05) is 5.32 Å². The van der Waals surface area contributed by atoms with Gasteiger partial charge >= 0.3 is 0 Å². The highest BCUT2D eigenvalue weighted by atomic mass is 16.3. The van der Waals surface area contributed by atoms with Gasteiger partial charge in [0.05, 0.1) is 11.3 Å². The summed E-state index contributed by atoms with van der Waals surface area (Å²) < 4.78 is 0. The van der Waals surface area contributed by atoms with Crippen LogP contribution in [0.25, 0.3) is 11.6 Å². The molecule has 1 aliphatic heterocycles. The van der Waals surface area contributed by atoms with Gasteiger partial charge in [-0.05, 0) is 43.5 Å². The number of aromatic nitrogens is 1. The molecule has 0 radical (unpaired) electrons. The number of hydrogen-bond donors (Lipinski definition) is 3. The van der Waals surface area contributed by atoms with Crippen LogP contribution in [0.1, 0.15) is 34.5 Å². The third-order valence-electron chi connectivity index (χ3n) is 4.29. The van der Waals surface area contributed by atoms with Gasteiger partial charge in [0.2, 0.25) is 0 Å². The Hall–Kier alpha value is -2.75. The van der Waals surface area contributed by atoms with Crippen molar-refractivity contribution in [3.05, 3.63) is 64.7 Å². The zero-order valence-electron chi connectivity index (χ0n) is 13.4. The van der Waals surface area contributed by atoms with Crippen LogP contribution in [0.2, 0.25) is 0 Å². The second kappa shape index (κ2) is 5.80. The monoisotopic (exact) mass is 308 g/mol. The molecular weight excluding hydrogens is 288 g/mol. The number of benzene rings is 1. The van der Waals surface area contributed by atoms with E-state index in [2.05, 4.69) is 16.9 Å². The summed E-state index contributed by atoms with van der Waals surface area (Å²) in [7, 11) is 0. The van der Waals surface area contributed by atoms with Gasteiger partial charge < -0.3 is 15.4 Å². The number of rotatable bonds is 4. The van der Waals surface area contributed by atoms with Gasteiger partial charge in [-0.1, -0.05) is 24.8 Å². The summed E-state index contributed by atoms with van der Waals surface area (Å²) >= 11 is 0. The lowest BCUT2D eigenvalue weighted by molar-refractivity contribution is -0.110. The van der Waals surface area contributed by atoms with E-state index in [1.165, 1.54) is 5.56 Å². The third-order valence-corrected chi connectivity index (χ3v) is 4.29. The van der Waals surface area contributed by atoms with Crippen LogP contribution in [0, 0.1) is 13.8 Å². The number of H-pyrrole nitrogens is 1. The van der Waals surface area contributed by atoms with E-state index in [4.69, 9.17) is 0 Å². The van der Waals surface area contributed by atoms with E-state index in [-0.39, 0.29) is 11.7 Å². The third kappa shape index (κ3) is 2.80. The Kier molecular flexibility index (Phi) is 3.82. The summed E-state index contributed by atoms with van der Waals surface area (Å²) in [5.41, 5.74) is 6.70. The molecule has 0 bridgehead atoms. The van der Waals surface area contributed by atoms with Crippen LogP contribution in [-0.2, 0) is 11.2 Å². The molecule has 118 valence electrons. The molecule has 0 aliphatic carbocycles. The standard InChI is InChI=1S/C19H20N2O2/c1-11(22)8-9-14-12(2)18(20-13(14)3)10-16-15-6-4-5-7-17(15)21-19(16)23/h4-7,10,20,22H,1,8-9H2,2-3H3,(H,21,23)/b16-10-. The van der Waals surface area contributed by atoms with Crippen LogP contribution in [0.4, 0.5) is 5.69 Å². The Morgan fingerprint density at radius 2 is 2.04 bits per heavy atom. The van der Waals surface area contributed by atoms with Crippen molar-refractivity contribution in [1.82, 2.24) is 4.98 Å². The van der Waals surface area contributed by atoms with Crippen molar-refractivity contribution in [3.63, 3.8) is 0 Å². The molecule has 0 unspecified atom stereocenters. The summed E-state index contributed by atoms with van der Waals surface area (Å²) in [6.07, 6.45) is 3.18. The summed E-state index contributed by atoms with van der Waals surface area (Å²) in [6.45, 7) is 7.57. The molecule has 0 atom stereocenters. The molecular formula is C19H20N2O2. The number of carbonyl (C=O) groups excluding carboxylic acids is 1. The minimum absolute atomic E-state index is 0.0804. The lowest BCUT2D eigenvalue weighted by atomic mass is 10.0. The van der Waals surface area contributed by atoms with Crippen LogP contribution in [0.5, 0.6) is 0 Å². The number of amides is 1. The van der Waals surface area contributed by atoms with Crippen molar-refractivity contribution in [1.29, 1.82) is 0 Å². The maximum atomic E-state index is 12.2. The molecule has 4 nitrogen and oxygen atoms in total. The van der Waals surface area contributed by atoms with Gasteiger partial charge in [0.15, 0.2) is 0 Å². The number of aliphatic hydroxyl groups excluding tert-OH is 1. The lowest BCUT2D eigenvalue weighted by Gasteiger charge is -2.02. The molecule has 1 amide bonds. The molecule has 1 aliphatic rings. The Labute approximate surface area is 135 Å². The number of anilines is 1. The van der Waals surface area contributed by atoms with Crippen molar-refractivity contribution in [3.8, 4) is 0 Å². The Morgan fingerprint density at radius 1 is 1.30 bits per heavy atom. The molecule has 2 heterocycles. The molecule has 0 saturated carbocycles. The molecule has 3 rings (SSSR count). The first-order valence-corrected chi connectivity index (χ1v) is 7.64. The molecule has 1 aromatic heterocycles. The number of hydrogen-bond acceptors (Lipinski definition) is 2. The number of aliphatic hydroxyl groups is 1. The number of para-hydroxylation sites is 1. The first-order valence-electron chi connectivity index (χ1n) is 7.64. The predicted molar refractivity (Wildman–Crippen MR) is 93.3 cm³/mol. The Balaban J connectivity index is 1.99. The van der Waals surface area contributed by atoms with Crippen molar-refractivity contribution < 1.29 is 9.90 Å². The fraction of sp³-hybridized carbons (Fsp3) is 0.211. The number of aromatic amines is 1. The lowest BCUT2D eigenvalue weighted by Crippen LogP contribution is -2.03. The van der Waals surface area contributed by atoms with Crippen molar-refractivity contribution >= 4 is 23.2 Å². The Morgan fingerprint density at radius 3 is 2.78 bits per heavy atom. The average Bonchev–Trinajstić information content (AvgIpc) is 2.95. The average molecular weight is 308 g/mol. The van der Waals surface area contributed by atoms with E-state index in [1.54, 1.807) is 0 Å². The molecule has 23 heavy (non-hydrogen) atoms. The smallest absolute Gasteiger partial charge is 0.256 e. The van der Waals surface area contributed by atoms with Crippen LogP contribution in [-0.4, -0.2) is 16.0 Å². The van der Waals surface area contributed by atoms with Crippen molar-refractivity contribution in [2.24, 2.45) is 0 Å². The van der Waals surface area contributed by atoms with Gasteiger partial charge in [0.1, 0.15) is 0 Å². The van der Waals surface area contributed by atoms with E-state index in [1.807, 2.05) is 44.2 Å². The van der Waals surface area contributed by atoms with Gasteiger partial charge in [-0.2, -0.15) is 0 Å². The first kappa shape index (κ1) is 15.2. The molecule has 1 aromatic carbocycles. The Bertz CT molecular complexity index is 828. The minimum atomic E-state index is -0.0804. The maximum Gasteiger partial charge on any atom is 0.256 e. The van der Waals surface area contributed by atoms with Crippen LogP contribution in [0.3, 0.4) is 0 Å². The van der Waals surface area contributed by atoms with Gasteiger partial charge in [-0.3, -0.25) is 4.79 Å². The second-order valence-corrected chi connectivity index (χ2v) is 5.89. The SMILES string of the molecule is C=C(O)CCc1c(C)[nH]c(/C=C2\C(=O)Nc3ccccc32)c1C. The fourth-order valence-corrected chi connectivity index (χ4v) is 3.03. The fourth-order valence-electron chi connectivity index (χ4n) is 3.03. The van der Waals surface area contributed by atoms with Gasteiger partial charge in [0, 0.05) is 29.1 Å². The summed E-state index contributed by atoms with van der Waals surface area (Å²) in [5.74, 6) is 0.108. The van der Waals surface area contributed by atoms with Gasteiger partial charge in [-0.25, -0.2) is 0 Å². The second-order valence-electron chi connectivity index (χ2n) is 5.89. The summed E-state index contributed by atoms with van der Waals surface area (Å²) in [4.78, 5) is 15.6. The molecule has 0 spiro atoms. The van der Waals surface area contributed by atoms with E-state index < -0.39 is 0 Å². The highest BCUT2D eigenvalue weighted by molar-refractivity contribution is 6.34. The number of aryl methyl sites for hydroxylation is 1. The molecule has 3 N–H and O–H groups in total. The largest absolute Gasteiger partial charge is 0.513 e. The topological polar surface area (TPSA) is 65.1 Å². The van der Waals surface area contributed by atoms with Gasteiger partial charge in [-0.15, -0.1) is 0 Å². The number of carbonyl (C=O) groups is 1. The number of fused-ring (bicyclic) bond motifs is 1. The van der Waals surface area contributed by atoms with Gasteiger partial charge in [0.25, 0.3) is 5.91 Å². The number of allylic oxidation sites excluding steroid dienone is 1.